The SMILES string of the molecule is CCO[C@@H]1C[C@H]2[C@]3(C#N)OC[C@@]24[C@H](C[C@H]3[Se]c2ccccc2)[C@@]2(C)CC=C[C@@H](C)[C@@H]2C[C@H]4O1. The summed E-state index contributed by atoms with van der Waals surface area (Å²) in [5.74, 6) is 1.84. The summed E-state index contributed by atoms with van der Waals surface area (Å²) in [5, 5.41) is 10.7. The molecule has 4 fully saturated rings. The Morgan fingerprint density at radius 3 is 2.76 bits per heavy atom. The molecule has 1 spiro atoms. The second-order valence-electron chi connectivity index (χ2n) is 11.2. The van der Waals surface area contributed by atoms with Crippen molar-refractivity contribution in [2.45, 2.75) is 69.3 Å². The van der Waals surface area contributed by atoms with Gasteiger partial charge >= 0.3 is 204 Å². The van der Waals surface area contributed by atoms with E-state index in [1.807, 2.05) is 6.92 Å². The first-order valence-electron chi connectivity index (χ1n) is 12.7. The van der Waals surface area contributed by atoms with E-state index in [0.717, 1.165) is 25.7 Å². The molecule has 2 heterocycles. The third-order valence-corrected chi connectivity index (χ3v) is 12.8. The maximum atomic E-state index is 10.7. The fourth-order valence-corrected chi connectivity index (χ4v) is 11.5. The second kappa shape index (κ2) is 7.94. The van der Waals surface area contributed by atoms with Gasteiger partial charge < -0.3 is 0 Å². The van der Waals surface area contributed by atoms with Gasteiger partial charge in [-0.2, -0.15) is 0 Å². The van der Waals surface area contributed by atoms with E-state index in [9.17, 15) is 5.26 Å². The molecule has 5 heteroatoms. The summed E-state index contributed by atoms with van der Waals surface area (Å²) in [6.07, 6.45) is 8.78. The van der Waals surface area contributed by atoms with Gasteiger partial charge in [-0.15, -0.1) is 0 Å². The van der Waals surface area contributed by atoms with Gasteiger partial charge in [0, 0.05) is 0 Å². The summed E-state index contributed by atoms with van der Waals surface area (Å²) in [6.45, 7) is 8.27. The number of nitriles is 1. The van der Waals surface area contributed by atoms with E-state index in [4.69, 9.17) is 14.2 Å². The zero-order valence-electron chi connectivity index (χ0n) is 19.9. The predicted octanol–water partition coefficient (Wildman–Crippen LogP) is 4.49. The van der Waals surface area contributed by atoms with Gasteiger partial charge in [0.25, 0.3) is 0 Å². The number of hydrogen-bond acceptors (Lipinski definition) is 4. The van der Waals surface area contributed by atoms with Crippen molar-refractivity contribution >= 4 is 19.4 Å². The van der Waals surface area contributed by atoms with Crippen LogP contribution in [0.3, 0.4) is 0 Å². The number of benzene rings is 1. The van der Waals surface area contributed by atoms with Crippen molar-refractivity contribution in [1.82, 2.24) is 0 Å². The first-order chi connectivity index (χ1) is 16.0. The molecular formula is C28H35NO3Se. The second-order valence-corrected chi connectivity index (χ2v) is 13.8. The standard InChI is InChI=1S/C28H35NO3Se/c1-4-30-25-15-22-27-17-31-28(22,16-29)24(33-19-10-6-5-7-11-19)14-21(27)26(3)12-8-9-18(2)20(26)13-23(27)32-25/h5-11,18,20-25H,4,12-15,17H2,1-3H3/t18-,20+,21-,22-,23-,24-,25+,26+,27-,28+/m1/s1. The molecule has 2 aliphatic heterocycles. The Hall–Kier alpha value is -1.15. The first kappa shape index (κ1) is 22.3. The quantitative estimate of drug-likeness (QED) is 0.441. The van der Waals surface area contributed by atoms with E-state index in [-0.39, 0.29) is 48.9 Å². The van der Waals surface area contributed by atoms with Gasteiger partial charge in [0.2, 0.25) is 0 Å². The summed E-state index contributed by atoms with van der Waals surface area (Å²) in [4.78, 5) is 0.251. The molecule has 5 aliphatic rings. The molecule has 2 saturated carbocycles. The van der Waals surface area contributed by atoms with Crippen molar-refractivity contribution < 1.29 is 14.2 Å². The van der Waals surface area contributed by atoms with Gasteiger partial charge in [0.05, 0.1) is 0 Å². The van der Waals surface area contributed by atoms with Crippen LogP contribution in [0.4, 0.5) is 0 Å². The molecule has 4 nitrogen and oxygen atoms in total. The zero-order chi connectivity index (χ0) is 22.8. The minimum absolute atomic E-state index is 0.0667. The molecule has 3 aliphatic carbocycles. The van der Waals surface area contributed by atoms with E-state index in [2.05, 4.69) is 62.4 Å². The molecular weight excluding hydrogens is 477 g/mol. The van der Waals surface area contributed by atoms with E-state index in [1.165, 1.54) is 4.46 Å². The number of hydrogen-bond donors (Lipinski definition) is 0. The molecule has 0 N–H and O–H groups in total. The van der Waals surface area contributed by atoms with Crippen LogP contribution in [0.5, 0.6) is 0 Å². The molecule has 1 aromatic rings. The Morgan fingerprint density at radius 1 is 1.18 bits per heavy atom. The molecule has 0 amide bonds. The molecule has 2 bridgehead atoms. The minimum atomic E-state index is -0.719. The van der Waals surface area contributed by atoms with E-state index in [0.29, 0.717) is 31.0 Å². The van der Waals surface area contributed by atoms with Crippen LogP contribution in [0, 0.1) is 45.8 Å². The van der Waals surface area contributed by atoms with Crippen LogP contribution in [-0.4, -0.2) is 46.2 Å². The van der Waals surface area contributed by atoms with Crippen molar-refractivity contribution in [3.8, 4) is 6.07 Å². The Labute approximate surface area is 204 Å². The fourth-order valence-electron chi connectivity index (χ4n) is 8.58. The average molecular weight is 513 g/mol. The Morgan fingerprint density at radius 2 is 2.00 bits per heavy atom. The van der Waals surface area contributed by atoms with Crippen molar-refractivity contribution in [2.24, 2.45) is 34.5 Å². The zero-order valence-corrected chi connectivity index (χ0v) is 21.6. The summed E-state index contributed by atoms with van der Waals surface area (Å²) in [6, 6.07) is 13.6. The van der Waals surface area contributed by atoms with Gasteiger partial charge in [-0.1, -0.05) is 0 Å². The van der Waals surface area contributed by atoms with Gasteiger partial charge in [0.15, 0.2) is 0 Å². The monoisotopic (exact) mass is 513 g/mol. The predicted molar refractivity (Wildman–Crippen MR) is 128 cm³/mol. The third-order valence-electron chi connectivity index (χ3n) is 9.94. The topological polar surface area (TPSA) is 51.5 Å². The van der Waals surface area contributed by atoms with Crippen LogP contribution in [0.15, 0.2) is 42.5 Å². The third kappa shape index (κ3) is 2.98. The normalized spacial score (nSPS) is 49.7. The molecule has 1 aromatic carbocycles. The van der Waals surface area contributed by atoms with Crippen LogP contribution < -0.4 is 4.46 Å². The van der Waals surface area contributed by atoms with E-state index >= 15 is 0 Å². The van der Waals surface area contributed by atoms with Gasteiger partial charge in [-0.05, 0) is 0 Å². The Balaban J connectivity index is 1.48. The van der Waals surface area contributed by atoms with Crippen LogP contribution in [0.2, 0.25) is 4.82 Å². The van der Waals surface area contributed by atoms with Crippen molar-refractivity contribution in [1.29, 1.82) is 5.26 Å². The number of nitrogens with zero attached hydrogens (tertiary/aromatic N) is 1. The van der Waals surface area contributed by atoms with Crippen LogP contribution in [-0.2, 0) is 14.2 Å². The molecule has 0 unspecified atom stereocenters. The van der Waals surface area contributed by atoms with E-state index in [1.54, 1.807) is 0 Å². The number of allylic oxidation sites excluding steroid dienone is 2. The van der Waals surface area contributed by atoms with Crippen molar-refractivity contribution in [3.63, 3.8) is 0 Å². The summed E-state index contributed by atoms with van der Waals surface area (Å²) >= 11 is 0.182. The molecule has 33 heavy (non-hydrogen) atoms. The van der Waals surface area contributed by atoms with E-state index < -0.39 is 5.60 Å². The molecule has 2 saturated heterocycles. The molecule has 176 valence electrons. The average Bonchev–Trinajstić information content (AvgIpc) is 3.07. The van der Waals surface area contributed by atoms with Gasteiger partial charge in [-0.3, -0.25) is 0 Å². The molecule has 6 rings (SSSR count). The van der Waals surface area contributed by atoms with Gasteiger partial charge in [-0.25, -0.2) is 0 Å². The maximum absolute atomic E-state index is 10.7. The summed E-state index contributed by atoms with van der Waals surface area (Å²) in [5.41, 5.74) is -0.559. The van der Waals surface area contributed by atoms with Crippen molar-refractivity contribution in [3.05, 3.63) is 42.5 Å². The van der Waals surface area contributed by atoms with Gasteiger partial charge in [0.1, 0.15) is 0 Å². The summed E-state index contributed by atoms with van der Waals surface area (Å²) in [7, 11) is 0. The van der Waals surface area contributed by atoms with Crippen molar-refractivity contribution in [2.75, 3.05) is 13.2 Å². The first-order valence-corrected chi connectivity index (χ1v) is 14.5. The number of rotatable bonds is 4. The molecule has 0 aromatic heterocycles. The summed E-state index contributed by atoms with van der Waals surface area (Å²) < 4.78 is 20.9. The van der Waals surface area contributed by atoms with Crippen LogP contribution in [0.25, 0.3) is 0 Å². The van der Waals surface area contributed by atoms with Crippen LogP contribution >= 0.6 is 0 Å². The molecule has 0 radical (unpaired) electrons. The molecule has 10 atom stereocenters. The Bertz CT molecular complexity index is 977. The number of fused-ring (bicyclic) bond motifs is 2. The fraction of sp³-hybridized carbons (Fsp3) is 0.679. The van der Waals surface area contributed by atoms with Crippen LogP contribution in [0.1, 0.15) is 46.5 Å². The number of ether oxygens (including phenoxy) is 3. The Kier molecular flexibility index (Phi) is 5.37.